The number of nitrogens with zero attached hydrogens (tertiary/aromatic N) is 11. The third kappa shape index (κ3) is 17.1. The minimum Gasteiger partial charge on any atom is -0.480 e. The number of fused-ring (bicyclic) bond motifs is 2. The highest BCUT2D eigenvalue weighted by Crippen LogP contribution is 2.30. The highest BCUT2D eigenvalue weighted by molar-refractivity contribution is 9.10. The molecule has 6 N–H and O–H groups in total. The lowest BCUT2D eigenvalue weighted by Crippen LogP contribution is -2.44. The van der Waals surface area contributed by atoms with E-state index in [1.807, 2.05) is 12.1 Å². The molecule has 0 saturated carbocycles. The van der Waals surface area contributed by atoms with Crippen molar-refractivity contribution in [2.45, 2.75) is 64.2 Å². The molecule has 0 bridgehead atoms. The SMILES string of the molecule is CNc1ncc(-c2ccc3c(c2)c(C(C)=O)nn3CC(=O)N2C[C@H](F)C[C@H]2C(=O)Nc2cccc(Br)n2)cn1.CNc1ncc(-c2ccc3c(c2)c(C(C)=O)nn3CC(=O)O)cn1.Cl.O=C(Nc1cccc(Br)n1)[C@@H]1C[C@@H](F)CN1.S.S=S. The number of anilines is 4. The van der Waals surface area contributed by atoms with Gasteiger partial charge in [-0.15, -0.1) is 12.4 Å². The van der Waals surface area contributed by atoms with Gasteiger partial charge in [-0.25, -0.2) is 38.7 Å². The van der Waals surface area contributed by atoms with Crippen LogP contribution in [0.5, 0.6) is 0 Å². The van der Waals surface area contributed by atoms with E-state index in [4.69, 9.17) is 5.11 Å². The molecular weight excluding hydrogens is 1290 g/mol. The zero-order chi connectivity index (χ0) is 58.5. The molecule has 8 aromatic rings. The van der Waals surface area contributed by atoms with Gasteiger partial charge >= 0.3 is 5.97 Å². The molecule has 10 rings (SSSR count). The summed E-state index contributed by atoms with van der Waals surface area (Å²) >= 11 is 13.8. The van der Waals surface area contributed by atoms with Gasteiger partial charge in [0, 0.05) is 116 Å². The molecule has 436 valence electrons. The van der Waals surface area contributed by atoms with Gasteiger partial charge in [0.2, 0.25) is 29.6 Å². The number of alkyl halides is 2. The van der Waals surface area contributed by atoms with Gasteiger partial charge in [0.1, 0.15) is 63.7 Å². The van der Waals surface area contributed by atoms with Crippen LogP contribution < -0.4 is 26.6 Å². The molecule has 0 spiro atoms. The first kappa shape index (κ1) is 66.3. The second-order valence-electron chi connectivity index (χ2n) is 17.9. The minimum atomic E-state index is -1.35. The fourth-order valence-electron chi connectivity index (χ4n) is 8.62. The van der Waals surface area contributed by atoms with E-state index in [1.165, 1.54) is 28.1 Å². The number of Topliss-reactive ketones (excluding diaryl/α,β-unsaturated/α-hetero) is 2. The number of carboxylic acids is 1. The first-order chi connectivity index (χ1) is 38.9. The Morgan fingerprint density at radius 3 is 1.53 bits per heavy atom. The van der Waals surface area contributed by atoms with Crippen LogP contribution in [0.25, 0.3) is 44.1 Å². The Bertz CT molecular complexity index is 3630. The van der Waals surface area contributed by atoms with Crippen LogP contribution in [0.15, 0.2) is 107 Å². The van der Waals surface area contributed by atoms with Crippen molar-refractivity contribution in [3.05, 3.63) is 118 Å². The Morgan fingerprint density at radius 1 is 0.663 bits per heavy atom. The van der Waals surface area contributed by atoms with Gasteiger partial charge in [-0.2, -0.15) is 23.7 Å². The minimum absolute atomic E-state index is 0. The van der Waals surface area contributed by atoms with Crippen LogP contribution in [-0.4, -0.2) is 146 Å². The summed E-state index contributed by atoms with van der Waals surface area (Å²) in [6.07, 6.45) is 4.49. The van der Waals surface area contributed by atoms with Crippen LogP contribution >= 0.6 is 57.8 Å². The molecule has 2 saturated heterocycles. The zero-order valence-electron chi connectivity index (χ0n) is 44.3. The fraction of sp³-hybridized carbons (Fsp3) is 0.269. The molecule has 4 atom stereocenters. The monoisotopic (exact) mass is 1340 g/mol. The second kappa shape index (κ2) is 30.7. The Kier molecular flexibility index (Phi) is 24.5. The Labute approximate surface area is 512 Å². The van der Waals surface area contributed by atoms with E-state index in [0.717, 1.165) is 22.3 Å². The van der Waals surface area contributed by atoms with Crippen LogP contribution in [0.1, 0.15) is 47.7 Å². The van der Waals surface area contributed by atoms with Gasteiger partial charge in [0.15, 0.2) is 11.6 Å². The molecule has 2 aliphatic heterocycles. The smallest absolute Gasteiger partial charge is 0.325 e. The lowest BCUT2D eigenvalue weighted by molar-refractivity contribution is -0.138. The summed E-state index contributed by atoms with van der Waals surface area (Å²) in [6, 6.07) is 19.5. The lowest BCUT2D eigenvalue weighted by atomic mass is 10.0. The lowest BCUT2D eigenvalue weighted by Gasteiger charge is -2.23. The van der Waals surface area contributed by atoms with Crippen molar-refractivity contribution in [2.24, 2.45) is 0 Å². The van der Waals surface area contributed by atoms with Gasteiger partial charge in [-0.3, -0.25) is 38.1 Å². The van der Waals surface area contributed by atoms with Crippen molar-refractivity contribution in [1.29, 1.82) is 0 Å². The number of ketones is 2. The molecule has 2 aromatic carbocycles. The maximum Gasteiger partial charge on any atom is 0.325 e. The number of hydrogen-bond donors (Lipinski definition) is 6. The van der Waals surface area contributed by atoms with Crippen molar-refractivity contribution in [3.63, 3.8) is 0 Å². The van der Waals surface area contributed by atoms with Crippen molar-refractivity contribution in [2.75, 3.05) is 48.5 Å². The van der Waals surface area contributed by atoms with Gasteiger partial charge in [-0.05, 0) is 91.5 Å². The number of likely N-dealkylation sites (tertiary alicyclic amines) is 1. The molecule has 83 heavy (non-hydrogen) atoms. The normalized spacial score (nSPS) is 15.8. The predicted molar refractivity (Wildman–Crippen MR) is 328 cm³/mol. The number of nitrogens with one attached hydrogen (secondary N) is 5. The maximum absolute atomic E-state index is 14.4. The van der Waals surface area contributed by atoms with Crippen LogP contribution in [0, 0.1) is 0 Å². The van der Waals surface area contributed by atoms with E-state index in [1.54, 1.807) is 99.5 Å². The van der Waals surface area contributed by atoms with Gasteiger partial charge in [0.05, 0.1) is 23.6 Å². The topological polar surface area (TPSA) is 299 Å². The van der Waals surface area contributed by atoms with Gasteiger partial charge in [0.25, 0.3) is 0 Å². The average Bonchev–Trinajstić information content (AvgIpc) is 4.15. The third-order valence-electron chi connectivity index (χ3n) is 12.4. The van der Waals surface area contributed by atoms with E-state index in [9.17, 15) is 37.5 Å². The van der Waals surface area contributed by atoms with Crippen LogP contribution in [0.4, 0.5) is 32.3 Å². The molecule has 31 heteroatoms. The van der Waals surface area contributed by atoms with Gasteiger partial charge in [-0.1, -0.05) is 24.3 Å². The highest BCUT2D eigenvalue weighted by atomic mass is 79.9. The fourth-order valence-corrected chi connectivity index (χ4v) is 9.31. The number of amides is 3. The van der Waals surface area contributed by atoms with Crippen molar-refractivity contribution < 1.29 is 42.7 Å². The number of carbonyl (C=O) groups is 6. The maximum atomic E-state index is 14.4. The standard InChI is InChI=1S/C26H24BrFN8O3.C16H15N5O3.C10H11BrFN3O.ClH.S2.H2S/c1-14(37)24-18-8-15(16-10-30-26(29-2)31-11-16)6-7-19(18)36(34-24)13-23(38)35-12-17(28)9-20(35)25(39)33-22-5-3-4-21(27)32-22;1-9(22)15-12-5-10(11-6-18-16(17-2)19-7-11)3-4-13(12)21(20-15)8-14(23)24;11-8-2-1-3-9(14-8)15-10(16)7-4-6(12)5-13-7;;1-2;/h3-8,10-11,17,20H,9,12-13H2,1-2H3,(H,29,30,31)(H,32,33,39);3-7H,8H2,1-2H3,(H,23,24)(H,17,18,19);1-3,6-7,13H,4-5H2,(H,14,15,16);1H;;1H2/t17-,20+;;6-,7+;;;/m1.1.../s1. The van der Waals surface area contributed by atoms with Crippen molar-refractivity contribution >= 4 is 161 Å². The molecule has 0 aliphatic carbocycles. The van der Waals surface area contributed by atoms with E-state index in [0.29, 0.717) is 48.7 Å². The van der Waals surface area contributed by atoms with E-state index in [-0.39, 0.29) is 99.6 Å². The Morgan fingerprint density at radius 2 is 1.12 bits per heavy atom. The number of rotatable bonds is 14. The number of aromatic nitrogens is 10. The van der Waals surface area contributed by atoms with Crippen LogP contribution in [-0.2, 0) is 54.6 Å². The number of halogens is 5. The van der Waals surface area contributed by atoms with Crippen LogP contribution in [0.2, 0.25) is 0 Å². The third-order valence-corrected chi connectivity index (χ3v) is 13.2. The van der Waals surface area contributed by atoms with Crippen molar-refractivity contribution in [1.82, 2.24) is 59.7 Å². The van der Waals surface area contributed by atoms with Crippen molar-refractivity contribution in [3.8, 4) is 22.3 Å². The van der Waals surface area contributed by atoms with Gasteiger partial charge < -0.3 is 36.6 Å². The Balaban J connectivity index is 0.000000244. The molecule has 8 heterocycles. The summed E-state index contributed by atoms with van der Waals surface area (Å²) in [5.41, 5.74) is 4.73. The first-order valence-corrected chi connectivity index (χ1v) is 27.4. The number of benzene rings is 2. The molecule has 0 unspecified atom stereocenters. The number of carbonyl (C=O) groups excluding carboxylic acids is 5. The molecular formula is C52H53Br2ClF2N16O7S3. The highest BCUT2D eigenvalue weighted by Gasteiger charge is 2.40. The van der Waals surface area contributed by atoms with E-state index >= 15 is 0 Å². The van der Waals surface area contributed by atoms with Crippen LogP contribution in [0.3, 0.4) is 0 Å². The molecule has 2 aliphatic rings. The summed E-state index contributed by atoms with van der Waals surface area (Å²) in [5, 5.41) is 32.5. The summed E-state index contributed by atoms with van der Waals surface area (Å²) in [6.45, 7) is 2.26. The molecule has 6 aromatic heterocycles. The second-order valence-corrected chi connectivity index (χ2v) is 19.6. The summed E-state index contributed by atoms with van der Waals surface area (Å²) in [4.78, 5) is 99.4. The first-order valence-electron chi connectivity index (χ1n) is 24.5. The summed E-state index contributed by atoms with van der Waals surface area (Å²) in [5.74, 6) is -1.03. The molecule has 23 nitrogen and oxygen atoms in total. The molecule has 0 radical (unpaired) electrons. The number of aliphatic carboxylic acids is 1. The number of hydrogen-bond acceptors (Lipinski definition) is 19. The van der Waals surface area contributed by atoms with E-state index < -0.39 is 42.2 Å². The number of carboxylic acid groups (broad SMARTS) is 1. The summed E-state index contributed by atoms with van der Waals surface area (Å²) in [7, 11) is 3.46. The Hall–Kier alpha value is -7.48. The quantitative estimate of drug-likeness (QED) is 0.0459. The zero-order valence-corrected chi connectivity index (χ0v) is 51.0. The largest absolute Gasteiger partial charge is 0.480 e. The predicted octanol–water partition coefficient (Wildman–Crippen LogP) is 7.31. The summed E-state index contributed by atoms with van der Waals surface area (Å²) < 4.78 is 31.2. The molecule has 3 amide bonds. The number of pyridine rings is 2. The average molecular weight is 1340 g/mol. The molecule has 2 fully saturated rings. The van der Waals surface area contributed by atoms with E-state index in [2.05, 4.69) is 121 Å².